The topological polar surface area (TPSA) is 26.3 Å². The number of carbonyl (C=O) groups excluding carboxylic acids is 1. The van der Waals surface area contributed by atoms with Crippen LogP contribution in [0, 0.1) is 0 Å². The highest BCUT2D eigenvalue weighted by atomic mass is 79.9. The van der Waals surface area contributed by atoms with Crippen molar-refractivity contribution in [2.75, 3.05) is 0 Å². The second kappa shape index (κ2) is 5.40. The molecule has 0 N–H and O–H groups in total. The first-order chi connectivity index (χ1) is 8.55. The van der Waals surface area contributed by atoms with Crippen molar-refractivity contribution >= 4 is 21.7 Å². The van der Waals surface area contributed by atoms with Gasteiger partial charge < -0.3 is 4.74 Å². The SMILES string of the molecule is O=C(c1ccccc1OC(F)(F)C(F)F)C(F)(F)Br. The molecule has 0 radical (unpaired) electrons. The lowest BCUT2D eigenvalue weighted by Crippen LogP contribution is -2.34. The van der Waals surface area contributed by atoms with Gasteiger partial charge in [-0.15, -0.1) is 0 Å². The number of ether oxygens (including phenoxy) is 1. The van der Waals surface area contributed by atoms with Crippen LogP contribution in [-0.2, 0) is 0 Å². The van der Waals surface area contributed by atoms with E-state index < -0.39 is 34.5 Å². The number of ketones is 1. The van der Waals surface area contributed by atoms with E-state index in [1.807, 2.05) is 0 Å². The zero-order valence-electron chi connectivity index (χ0n) is 8.85. The second-order valence-corrected chi connectivity index (χ2v) is 4.28. The molecule has 0 atom stereocenters. The van der Waals surface area contributed by atoms with E-state index in [2.05, 4.69) is 4.74 Å². The molecule has 0 aliphatic carbocycles. The minimum atomic E-state index is -4.89. The van der Waals surface area contributed by atoms with Crippen LogP contribution in [0.5, 0.6) is 5.75 Å². The Bertz CT molecular complexity index is 471. The van der Waals surface area contributed by atoms with Crippen LogP contribution in [0.4, 0.5) is 26.3 Å². The van der Waals surface area contributed by atoms with E-state index in [9.17, 15) is 31.1 Å². The summed E-state index contributed by atoms with van der Waals surface area (Å²) >= 11 is 1.75. The van der Waals surface area contributed by atoms with Gasteiger partial charge >= 0.3 is 17.4 Å². The summed E-state index contributed by atoms with van der Waals surface area (Å²) in [6.07, 6.45) is -9.06. The van der Waals surface area contributed by atoms with E-state index in [1.165, 1.54) is 0 Å². The van der Waals surface area contributed by atoms with Crippen molar-refractivity contribution in [2.24, 2.45) is 0 Å². The quantitative estimate of drug-likeness (QED) is 0.454. The van der Waals surface area contributed by atoms with Crippen molar-refractivity contribution in [1.29, 1.82) is 0 Å². The third-order valence-electron chi connectivity index (χ3n) is 1.89. The maximum absolute atomic E-state index is 12.7. The van der Waals surface area contributed by atoms with Gasteiger partial charge in [-0.1, -0.05) is 12.1 Å². The first-order valence-corrected chi connectivity index (χ1v) is 5.40. The predicted molar refractivity (Wildman–Crippen MR) is 56.2 cm³/mol. The Balaban J connectivity index is 3.14. The Morgan fingerprint density at radius 3 is 2.16 bits per heavy atom. The fourth-order valence-corrected chi connectivity index (χ4v) is 1.30. The van der Waals surface area contributed by atoms with E-state index in [0.29, 0.717) is 6.07 Å². The lowest BCUT2D eigenvalue weighted by atomic mass is 10.1. The van der Waals surface area contributed by atoms with Crippen molar-refractivity contribution < 1.29 is 35.9 Å². The van der Waals surface area contributed by atoms with Crippen molar-refractivity contribution in [3.05, 3.63) is 29.8 Å². The van der Waals surface area contributed by atoms with Gasteiger partial charge in [-0.3, -0.25) is 4.79 Å². The van der Waals surface area contributed by atoms with Crippen LogP contribution in [-0.4, -0.2) is 23.1 Å². The Labute approximate surface area is 111 Å². The summed E-state index contributed by atoms with van der Waals surface area (Å²) in [5.74, 6) is -2.94. The normalized spacial score (nSPS) is 12.6. The summed E-state index contributed by atoms with van der Waals surface area (Å²) in [7, 11) is 0. The molecule has 0 spiro atoms. The molecule has 0 heterocycles. The molecule has 0 saturated carbocycles. The number of benzene rings is 1. The van der Waals surface area contributed by atoms with Gasteiger partial charge in [0.1, 0.15) is 5.75 Å². The van der Waals surface area contributed by atoms with Gasteiger partial charge in [-0.25, -0.2) is 0 Å². The Hall–Kier alpha value is -1.25. The van der Waals surface area contributed by atoms with Gasteiger partial charge in [0.05, 0.1) is 5.56 Å². The Kier molecular flexibility index (Phi) is 4.49. The van der Waals surface area contributed by atoms with Crippen LogP contribution in [0.1, 0.15) is 10.4 Å². The van der Waals surface area contributed by atoms with Crippen molar-refractivity contribution in [2.45, 2.75) is 17.4 Å². The molecule has 19 heavy (non-hydrogen) atoms. The molecular formula is C10H5BrF6O2. The molecule has 0 aliphatic heterocycles. The highest BCUT2D eigenvalue weighted by Crippen LogP contribution is 2.34. The molecule has 106 valence electrons. The molecular weight excluding hydrogens is 346 g/mol. The molecule has 1 aromatic rings. The molecule has 0 amide bonds. The lowest BCUT2D eigenvalue weighted by Gasteiger charge is -2.19. The molecule has 0 aromatic heterocycles. The van der Waals surface area contributed by atoms with Crippen molar-refractivity contribution in [3.8, 4) is 5.75 Å². The van der Waals surface area contributed by atoms with E-state index in [4.69, 9.17) is 0 Å². The third-order valence-corrected chi connectivity index (χ3v) is 2.25. The predicted octanol–water partition coefficient (Wildman–Crippen LogP) is 4.09. The van der Waals surface area contributed by atoms with Crippen molar-refractivity contribution in [1.82, 2.24) is 0 Å². The summed E-state index contributed by atoms with van der Waals surface area (Å²) in [5.41, 5.74) is -0.940. The average molecular weight is 351 g/mol. The number of halogens is 7. The van der Waals surface area contributed by atoms with Crippen molar-refractivity contribution in [3.63, 3.8) is 0 Å². The number of rotatable bonds is 5. The summed E-state index contributed by atoms with van der Waals surface area (Å²) < 4.78 is 78.4. The van der Waals surface area contributed by atoms with Crippen LogP contribution in [0.25, 0.3) is 0 Å². The molecule has 0 fully saturated rings. The molecule has 2 nitrogen and oxygen atoms in total. The lowest BCUT2D eigenvalue weighted by molar-refractivity contribution is -0.253. The minimum Gasteiger partial charge on any atom is -0.428 e. The van der Waals surface area contributed by atoms with Gasteiger partial charge in [0.25, 0.3) is 0 Å². The first kappa shape index (κ1) is 15.8. The number of hydrogen-bond donors (Lipinski definition) is 0. The monoisotopic (exact) mass is 350 g/mol. The van der Waals surface area contributed by atoms with Gasteiger partial charge in [-0.2, -0.15) is 26.3 Å². The van der Waals surface area contributed by atoms with Crippen LogP contribution in [0.15, 0.2) is 24.3 Å². The number of carbonyl (C=O) groups is 1. The molecule has 1 rings (SSSR count). The van der Waals surface area contributed by atoms with E-state index >= 15 is 0 Å². The zero-order valence-corrected chi connectivity index (χ0v) is 10.4. The van der Waals surface area contributed by atoms with Gasteiger partial charge in [0, 0.05) is 0 Å². The molecule has 0 bridgehead atoms. The van der Waals surface area contributed by atoms with E-state index in [-0.39, 0.29) is 0 Å². The maximum atomic E-state index is 12.7. The average Bonchev–Trinajstić information content (AvgIpc) is 2.27. The van der Waals surface area contributed by atoms with Crippen LogP contribution in [0.2, 0.25) is 0 Å². The van der Waals surface area contributed by atoms with Gasteiger partial charge in [-0.05, 0) is 28.1 Å². The maximum Gasteiger partial charge on any atom is 0.461 e. The first-order valence-electron chi connectivity index (χ1n) is 4.61. The molecule has 0 saturated heterocycles. The molecule has 1 aromatic carbocycles. The number of para-hydroxylation sites is 1. The standard InChI is InChI=1S/C10H5BrF6O2/c11-9(14,15)7(18)5-3-1-2-4-6(5)19-10(16,17)8(12)13/h1-4,8H. The van der Waals surface area contributed by atoms with E-state index in [1.54, 1.807) is 15.9 Å². The smallest absolute Gasteiger partial charge is 0.428 e. The Morgan fingerprint density at radius 1 is 1.16 bits per heavy atom. The third kappa shape index (κ3) is 3.85. The van der Waals surface area contributed by atoms with Gasteiger partial charge in [0.15, 0.2) is 0 Å². The fourth-order valence-electron chi connectivity index (χ4n) is 1.09. The highest BCUT2D eigenvalue weighted by molar-refractivity contribution is 9.10. The van der Waals surface area contributed by atoms with Crippen LogP contribution >= 0.6 is 15.9 Å². The number of Topliss-reactive ketones (excluding diaryl/α,β-unsaturated/α-hetero) is 1. The minimum absolute atomic E-state index is 0.711. The zero-order chi connectivity index (χ0) is 14.8. The molecule has 9 heteroatoms. The van der Waals surface area contributed by atoms with Crippen LogP contribution < -0.4 is 4.74 Å². The fraction of sp³-hybridized carbons (Fsp3) is 0.300. The summed E-state index contributed by atoms with van der Waals surface area (Å²) in [6.45, 7) is 0. The summed E-state index contributed by atoms with van der Waals surface area (Å²) in [6, 6.07) is 3.63. The van der Waals surface area contributed by atoms with E-state index in [0.717, 1.165) is 18.2 Å². The van der Waals surface area contributed by atoms with Gasteiger partial charge in [0.2, 0.25) is 5.78 Å². The molecule has 0 unspecified atom stereocenters. The molecule has 0 aliphatic rings. The summed E-state index contributed by atoms with van der Waals surface area (Å²) in [4.78, 5) is 7.21. The highest BCUT2D eigenvalue weighted by Gasteiger charge is 2.45. The van der Waals surface area contributed by atoms with Crippen LogP contribution in [0.3, 0.4) is 0 Å². The summed E-state index contributed by atoms with van der Waals surface area (Å²) in [5, 5.41) is 0. The number of alkyl halides is 7. The largest absolute Gasteiger partial charge is 0.461 e. The number of hydrogen-bond acceptors (Lipinski definition) is 2. The second-order valence-electron chi connectivity index (χ2n) is 3.29. The Morgan fingerprint density at radius 2 is 1.68 bits per heavy atom.